The van der Waals surface area contributed by atoms with Gasteiger partial charge in [0.25, 0.3) is 0 Å². The van der Waals surface area contributed by atoms with Crippen LogP contribution >= 0.6 is 11.6 Å². The minimum Gasteiger partial charge on any atom is -0.467 e. The molecule has 2 fully saturated rings. The van der Waals surface area contributed by atoms with Gasteiger partial charge in [0, 0.05) is 18.0 Å². The van der Waals surface area contributed by atoms with E-state index in [0.717, 1.165) is 37.7 Å². The molecule has 1 saturated heterocycles. The summed E-state index contributed by atoms with van der Waals surface area (Å²) in [5, 5.41) is 5.97. The number of carbonyl (C=O) groups is 4. The van der Waals surface area contributed by atoms with Gasteiger partial charge in [-0.25, -0.2) is 9.59 Å². The largest absolute Gasteiger partial charge is 0.467 e. The summed E-state index contributed by atoms with van der Waals surface area (Å²) in [4.78, 5) is 53.8. The Labute approximate surface area is 263 Å². The average molecular weight is 628 g/mol. The van der Waals surface area contributed by atoms with Crippen molar-refractivity contribution >= 4 is 35.5 Å². The van der Waals surface area contributed by atoms with E-state index >= 15 is 0 Å². The van der Waals surface area contributed by atoms with Crippen LogP contribution in [0.15, 0.2) is 54.6 Å². The third kappa shape index (κ3) is 10.2. The Morgan fingerprint density at radius 3 is 2.50 bits per heavy atom. The van der Waals surface area contributed by atoms with Crippen LogP contribution in [-0.2, 0) is 35.2 Å². The lowest BCUT2D eigenvalue weighted by molar-refractivity contribution is -0.146. The van der Waals surface area contributed by atoms with Crippen molar-refractivity contribution in [1.82, 2.24) is 15.5 Å². The summed E-state index contributed by atoms with van der Waals surface area (Å²) in [5.41, 5.74) is 1.71. The van der Waals surface area contributed by atoms with Gasteiger partial charge >= 0.3 is 12.1 Å². The zero-order valence-corrected chi connectivity index (χ0v) is 25.9. The number of rotatable bonds is 12. The molecule has 44 heavy (non-hydrogen) atoms. The Morgan fingerprint density at radius 2 is 1.77 bits per heavy atom. The number of nitrogens with zero attached hydrogens (tertiary/aromatic N) is 1. The van der Waals surface area contributed by atoms with E-state index in [-0.39, 0.29) is 37.4 Å². The highest BCUT2D eigenvalue weighted by Crippen LogP contribution is 2.28. The fourth-order valence-corrected chi connectivity index (χ4v) is 5.99. The molecular formula is C33H42ClN3O7. The number of benzene rings is 2. The van der Waals surface area contributed by atoms with E-state index in [0.29, 0.717) is 36.7 Å². The number of carbonyl (C=O) groups excluding carboxylic acids is 4. The number of halogens is 1. The maximum atomic E-state index is 13.5. The molecule has 4 rings (SSSR count). The second-order valence-electron chi connectivity index (χ2n) is 11.4. The molecule has 0 aromatic heterocycles. The molecule has 3 amide bonds. The number of hydrogen-bond acceptors (Lipinski definition) is 7. The van der Waals surface area contributed by atoms with E-state index in [9.17, 15) is 19.2 Å². The number of esters is 1. The van der Waals surface area contributed by atoms with Crippen molar-refractivity contribution in [2.24, 2.45) is 5.92 Å². The molecule has 10 nitrogen and oxygen atoms in total. The predicted octanol–water partition coefficient (Wildman–Crippen LogP) is 4.94. The second-order valence-corrected chi connectivity index (χ2v) is 11.8. The van der Waals surface area contributed by atoms with Crippen molar-refractivity contribution in [1.29, 1.82) is 0 Å². The lowest BCUT2D eigenvalue weighted by Gasteiger charge is -2.33. The number of nitrogens with one attached hydrogen (secondary N) is 2. The first kappa shape index (κ1) is 33.3. The highest BCUT2D eigenvalue weighted by atomic mass is 35.5. The Morgan fingerprint density at radius 1 is 1.00 bits per heavy atom. The molecule has 1 heterocycles. The number of ether oxygens (including phenoxy) is 3. The van der Waals surface area contributed by atoms with E-state index in [1.54, 1.807) is 29.2 Å². The zero-order valence-electron chi connectivity index (χ0n) is 25.2. The third-order valence-electron chi connectivity index (χ3n) is 8.20. The molecule has 1 aliphatic carbocycles. The fraction of sp³-hybridized carbons (Fsp3) is 0.515. The smallest absolute Gasteiger partial charge is 0.408 e. The van der Waals surface area contributed by atoms with Crippen molar-refractivity contribution in [3.8, 4) is 0 Å². The molecule has 1 unspecified atom stereocenters. The summed E-state index contributed by atoms with van der Waals surface area (Å²) in [7, 11) is 1.24. The third-order valence-corrected chi connectivity index (χ3v) is 8.44. The monoisotopic (exact) mass is 627 g/mol. The first-order chi connectivity index (χ1) is 21.3. The van der Waals surface area contributed by atoms with Crippen molar-refractivity contribution in [2.45, 2.75) is 76.2 Å². The summed E-state index contributed by atoms with van der Waals surface area (Å²) in [5.74, 6) is -1.06. The maximum absolute atomic E-state index is 13.5. The molecule has 0 bridgehead atoms. The van der Waals surface area contributed by atoms with Crippen LogP contribution in [0.2, 0.25) is 5.02 Å². The molecule has 2 aromatic rings. The number of methoxy groups -OCH3 is 1. The highest BCUT2D eigenvalue weighted by Gasteiger charge is 2.32. The molecule has 11 heteroatoms. The highest BCUT2D eigenvalue weighted by molar-refractivity contribution is 6.30. The van der Waals surface area contributed by atoms with Gasteiger partial charge in [0.05, 0.1) is 20.3 Å². The van der Waals surface area contributed by atoms with E-state index in [4.69, 9.17) is 25.8 Å². The Hall–Kier alpha value is -3.63. The molecule has 2 aromatic carbocycles. The van der Waals surface area contributed by atoms with Crippen LogP contribution in [0.25, 0.3) is 0 Å². The van der Waals surface area contributed by atoms with Gasteiger partial charge in [-0.2, -0.15) is 0 Å². The van der Waals surface area contributed by atoms with E-state index in [1.807, 2.05) is 30.3 Å². The van der Waals surface area contributed by atoms with Crippen LogP contribution in [0.1, 0.15) is 68.6 Å². The second kappa shape index (κ2) is 17.0. The standard InChI is InChI=1S/C33H42ClN3O7/c1-42-32(40)27(15-16-30(38)37-17-18-43-29(21-37)25-12-6-3-7-13-25)35-31(39)28(20-23-9-4-2-5-10-23)36-33(41)44-22-24-11-8-14-26(34)19-24/h3,6-8,11-14,19,23,27-29H,2,4-5,9-10,15-18,20-22H2,1H3,(H,35,39)(H,36,41)/t27-,28-,29?/m0/s1. The Bertz CT molecular complexity index is 1250. The van der Waals surface area contributed by atoms with E-state index < -0.39 is 30.1 Å². The number of alkyl carbamates (subject to hydrolysis) is 1. The molecule has 3 atom stereocenters. The van der Waals surface area contributed by atoms with E-state index in [2.05, 4.69) is 10.6 Å². The number of morpholine rings is 1. The van der Waals surface area contributed by atoms with Crippen LogP contribution in [0.5, 0.6) is 0 Å². The van der Waals surface area contributed by atoms with Gasteiger partial charge in [0.1, 0.15) is 24.8 Å². The van der Waals surface area contributed by atoms with Crippen LogP contribution in [0, 0.1) is 5.92 Å². The first-order valence-corrected chi connectivity index (χ1v) is 15.7. The topological polar surface area (TPSA) is 123 Å². The summed E-state index contributed by atoms with van der Waals surface area (Å²) in [6.07, 6.45) is 4.74. The molecule has 2 aliphatic rings. The quantitative estimate of drug-likeness (QED) is 0.320. The number of hydrogen-bond donors (Lipinski definition) is 2. The Kier molecular flexibility index (Phi) is 12.9. The van der Waals surface area contributed by atoms with Crippen LogP contribution in [0.4, 0.5) is 4.79 Å². The van der Waals surface area contributed by atoms with Gasteiger partial charge in [-0.1, -0.05) is 86.2 Å². The van der Waals surface area contributed by atoms with Gasteiger partial charge in [-0.05, 0) is 42.0 Å². The van der Waals surface area contributed by atoms with Gasteiger partial charge in [-0.15, -0.1) is 0 Å². The lowest BCUT2D eigenvalue weighted by atomic mass is 9.84. The SMILES string of the molecule is COC(=O)[C@H](CCC(=O)N1CCOC(c2ccccc2)C1)NC(=O)[C@H](CC1CCCCC1)NC(=O)OCc1cccc(Cl)c1. The van der Waals surface area contributed by atoms with Crippen molar-refractivity contribution in [3.05, 3.63) is 70.7 Å². The normalized spacial score (nSPS) is 18.5. The van der Waals surface area contributed by atoms with Crippen LogP contribution in [0.3, 0.4) is 0 Å². The summed E-state index contributed by atoms with van der Waals surface area (Å²) in [6, 6.07) is 14.7. The predicted molar refractivity (Wildman–Crippen MR) is 165 cm³/mol. The fourth-order valence-electron chi connectivity index (χ4n) is 5.78. The van der Waals surface area contributed by atoms with Crippen molar-refractivity contribution < 1.29 is 33.4 Å². The van der Waals surface area contributed by atoms with E-state index in [1.165, 1.54) is 7.11 Å². The average Bonchev–Trinajstić information content (AvgIpc) is 3.05. The molecular weight excluding hydrogens is 586 g/mol. The molecule has 1 saturated carbocycles. The number of amides is 3. The maximum Gasteiger partial charge on any atom is 0.408 e. The zero-order chi connectivity index (χ0) is 31.3. The summed E-state index contributed by atoms with van der Waals surface area (Å²) in [6.45, 7) is 1.25. The van der Waals surface area contributed by atoms with Gasteiger partial charge in [-0.3, -0.25) is 9.59 Å². The lowest BCUT2D eigenvalue weighted by Crippen LogP contribution is -2.53. The molecule has 238 valence electrons. The first-order valence-electron chi connectivity index (χ1n) is 15.3. The minimum absolute atomic E-state index is 0.0102. The molecule has 1 aliphatic heterocycles. The Balaban J connectivity index is 1.35. The van der Waals surface area contributed by atoms with Crippen molar-refractivity contribution in [2.75, 3.05) is 26.8 Å². The van der Waals surface area contributed by atoms with Gasteiger partial charge < -0.3 is 29.7 Å². The summed E-state index contributed by atoms with van der Waals surface area (Å²) >= 11 is 6.03. The van der Waals surface area contributed by atoms with Crippen LogP contribution < -0.4 is 10.6 Å². The van der Waals surface area contributed by atoms with Crippen molar-refractivity contribution in [3.63, 3.8) is 0 Å². The molecule has 2 N–H and O–H groups in total. The van der Waals surface area contributed by atoms with Crippen LogP contribution in [-0.4, -0.2) is 67.7 Å². The van der Waals surface area contributed by atoms with Gasteiger partial charge in [0.2, 0.25) is 11.8 Å². The molecule has 0 radical (unpaired) electrons. The minimum atomic E-state index is -1.06. The molecule has 0 spiro atoms. The summed E-state index contributed by atoms with van der Waals surface area (Å²) < 4.78 is 16.2. The van der Waals surface area contributed by atoms with Gasteiger partial charge in [0.15, 0.2) is 0 Å².